The zero-order valence-electron chi connectivity index (χ0n) is 16.4. The van der Waals surface area contributed by atoms with Gasteiger partial charge in [0.15, 0.2) is 0 Å². The van der Waals surface area contributed by atoms with E-state index in [1.54, 1.807) is 4.90 Å². The van der Waals surface area contributed by atoms with Crippen LogP contribution in [0.25, 0.3) is 0 Å². The van der Waals surface area contributed by atoms with Gasteiger partial charge >= 0.3 is 18.2 Å². The molecule has 2 heterocycles. The molecule has 170 valence electrons. The van der Waals surface area contributed by atoms with Crippen molar-refractivity contribution in [1.82, 2.24) is 10.2 Å². The van der Waals surface area contributed by atoms with E-state index in [1.165, 1.54) is 30.2 Å². The lowest BCUT2D eigenvalue weighted by molar-refractivity contribution is -0.185. The molecular formula is C18H20F4N4O4S. The molecule has 0 unspecified atom stereocenters. The highest BCUT2D eigenvalue weighted by Crippen LogP contribution is 2.29. The summed E-state index contributed by atoms with van der Waals surface area (Å²) < 4.78 is 62.4. The number of piperazine rings is 1. The molecular weight excluding hydrogens is 444 g/mol. The second kappa shape index (κ2) is 9.12. The van der Waals surface area contributed by atoms with Crippen LogP contribution >= 0.6 is 12.2 Å². The fourth-order valence-corrected chi connectivity index (χ4v) is 3.44. The van der Waals surface area contributed by atoms with Crippen molar-refractivity contribution in [2.45, 2.75) is 12.3 Å². The van der Waals surface area contributed by atoms with Crippen molar-refractivity contribution in [3.05, 3.63) is 24.0 Å². The number of nitrogens with zero attached hydrogens (tertiary/aromatic N) is 3. The predicted octanol–water partition coefficient (Wildman–Crippen LogP) is 1.88. The summed E-state index contributed by atoms with van der Waals surface area (Å²) in [6.07, 6.45) is -6.08. The lowest BCUT2D eigenvalue weighted by Gasteiger charge is -2.36. The summed E-state index contributed by atoms with van der Waals surface area (Å²) in [5.74, 6) is -2.53. The summed E-state index contributed by atoms with van der Waals surface area (Å²) in [4.78, 5) is 27.0. The molecule has 2 fully saturated rings. The number of nitrogens with one attached hydrogen (secondary N) is 1. The Kier molecular flexibility index (Phi) is 6.72. The van der Waals surface area contributed by atoms with E-state index in [0.29, 0.717) is 4.90 Å². The molecule has 2 aliphatic rings. The molecule has 13 heteroatoms. The van der Waals surface area contributed by atoms with Gasteiger partial charge in [0.1, 0.15) is 11.9 Å². The highest BCUT2D eigenvalue weighted by atomic mass is 32.1. The maximum Gasteiger partial charge on any atom is 0.471 e. The number of carbonyl (C=O) groups is 2. The number of halogens is 4. The van der Waals surface area contributed by atoms with Gasteiger partial charge in [-0.05, 0) is 30.4 Å². The van der Waals surface area contributed by atoms with Crippen molar-refractivity contribution in [3.63, 3.8) is 0 Å². The van der Waals surface area contributed by atoms with Crippen molar-refractivity contribution in [2.24, 2.45) is 0 Å². The van der Waals surface area contributed by atoms with Gasteiger partial charge in [-0.15, -0.1) is 0 Å². The smallest absolute Gasteiger partial charge is 0.471 e. The monoisotopic (exact) mass is 464 g/mol. The third-order valence-electron chi connectivity index (χ3n) is 4.93. The summed E-state index contributed by atoms with van der Waals surface area (Å²) in [6, 6.07) is 4.15. The van der Waals surface area contributed by atoms with Crippen LogP contribution < -0.4 is 15.1 Å². The number of methoxy groups -OCH3 is 1. The average Bonchev–Trinajstić information content (AvgIpc) is 3.11. The van der Waals surface area contributed by atoms with Gasteiger partial charge in [-0.3, -0.25) is 9.69 Å². The number of carbonyl (C=O) groups excluding carboxylic acids is 2. The van der Waals surface area contributed by atoms with Gasteiger partial charge in [0.25, 0.3) is 5.17 Å². The second-order valence-corrected chi connectivity index (χ2v) is 7.27. The molecule has 0 bridgehead atoms. The number of thiocarbonyl (C=S) groups is 1. The lowest BCUT2D eigenvalue weighted by Crippen LogP contribution is -2.52. The standard InChI is InChI=1S/C18H20F4N4O4S/c1-29-16(31)23-9-12-10-26(17(28)30-12)11-2-3-14(13(19)8-11)24-4-6-25(7-5-24)15(27)18(20,21)22/h2-3,8,12H,4-7,9-10H2,1H3,(H,23,31)/t12-/m0/s1. The maximum atomic E-state index is 14.7. The molecule has 0 saturated carbocycles. The van der Waals surface area contributed by atoms with Crippen molar-refractivity contribution >= 4 is 40.8 Å². The fraction of sp³-hybridized carbons (Fsp3) is 0.500. The number of amides is 2. The summed E-state index contributed by atoms with van der Waals surface area (Å²) >= 11 is 4.86. The Labute approximate surface area is 180 Å². The Hall–Kier alpha value is -2.83. The van der Waals surface area contributed by atoms with Crippen LogP contribution in [0.15, 0.2) is 18.2 Å². The zero-order valence-corrected chi connectivity index (χ0v) is 17.3. The highest BCUT2D eigenvalue weighted by Gasteiger charge is 2.43. The SMILES string of the molecule is COC(=S)NC[C@H]1CN(c2ccc(N3CCN(C(=O)C(F)(F)F)CC3)c(F)c2)C(=O)O1. The quantitative estimate of drug-likeness (QED) is 0.539. The van der Waals surface area contributed by atoms with Crippen LogP contribution in [0.4, 0.5) is 33.7 Å². The third kappa shape index (κ3) is 5.27. The Morgan fingerprint density at radius 3 is 2.55 bits per heavy atom. The van der Waals surface area contributed by atoms with Crippen LogP contribution in [0, 0.1) is 5.82 Å². The summed E-state index contributed by atoms with van der Waals surface area (Å²) in [6.45, 7) is 0.172. The summed E-state index contributed by atoms with van der Waals surface area (Å²) in [7, 11) is 1.40. The van der Waals surface area contributed by atoms with Gasteiger partial charge in [0.2, 0.25) is 0 Å². The highest BCUT2D eigenvalue weighted by molar-refractivity contribution is 7.80. The molecule has 8 nitrogen and oxygen atoms in total. The van der Waals surface area contributed by atoms with Crippen molar-refractivity contribution in [1.29, 1.82) is 0 Å². The first-order chi connectivity index (χ1) is 14.6. The van der Waals surface area contributed by atoms with Crippen LogP contribution in [-0.2, 0) is 14.3 Å². The molecule has 2 amide bonds. The molecule has 1 atom stereocenters. The molecule has 31 heavy (non-hydrogen) atoms. The van der Waals surface area contributed by atoms with Gasteiger partial charge in [-0.25, -0.2) is 9.18 Å². The number of ether oxygens (including phenoxy) is 2. The number of alkyl halides is 3. The first kappa shape index (κ1) is 22.8. The topological polar surface area (TPSA) is 74.4 Å². The van der Waals surface area contributed by atoms with E-state index >= 15 is 0 Å². The minimum absolute atomic E-state index is 0.0526. The number of hydrogen-bond donors (Lipinski definition) is 1. The van der Waals surface area contributed by atoms with Crippen LogP contribution in [0.5, 0.6) is 0 Å². The maximum absolute atomic E-state index is 14.7. The van der Waals surface area contributed by atoms with E-state index in [0.717, 1.165) is 0 Å². The number of anilines is 2. The Morgan fingerprint density at radius 1 is 1.29 bits per heavy atom. The van der Waals surface area contributed by atoms with Crippen molar-refractivity contribution < 1.29 is 36.6 Å². The molecule has 0 spiro atoms. The average molecular weight is 464 g/mol. The summed E-state index contributed by atoms with van der Waals surface area (Å²) in [5.41, 5.74) is 0.466. The lowest BCUT2D eigenvalue weighted by atomic mass is 10.2. The zero-order chi connectivity index (χ0) is 22.8. The Bertz CT molecular complexity index is 861. The van der Waals surface area contributed by atoms with Gasteiger partial charge in [0, 0.05) is 26.2 Å². The minimum Gasteiger partial charge on any atom is -0.474 e. The van der Waals surface area contributed by atoms with E-state index in [9.17, 15) is 27.2 Å². The second-order valence-electron chi connectivity index (χ2n) is 6.90. The van der Waals surface area contributed by atoms with E-state index in [4.69, 9.17) is 21.7 Å². The van der Waals surface area contributed by atoms with Crippen LogP contribution in [0.2, 0.25) is 0 Å². The molecule has 1 aromatic rings. The molecule has 2 aliphatic heterocycles. The van der Waals surface area contributed by atoms with E-state index < -0.39 is 30.1 Å². The van der Waals surface area contributed by atoms with Gasteiger partial charge in [-0.1, -0.05) is 0 Å². The van der Waals surface area contributed by atoms with Gasteiger partial charge < -0.3 is 24.6 Å². The molecule has 3 rings (SSSR count). The Balaban J connectivity index is 1.61. The number of hydrogen-bond acceptors (Lipinski definition) is 6. The predicted molar refractivity (Wildman–Crippen MR) is 106 cm³/mol. The molecule has 0 radical (unpaired) electrons. The number of benzene rings is 1. The van der Waals surface area contributed by atoms with Crippen LogP contribution in [-0.4, -0.2) is 80.7 Å². The number of rotatable bonds is 4. The van der Waals surface area contributed by atoms with Crippen molar-refractivity contribution in [2.75, 3.05) is 56.2 Å². The molecule has 2 saturated heterocycles. The largest absolute Gasteiger partial charge is 0.474 e. The van der Waals surface area contributed by atoms with Gasteiger partial charge in [0.05, 0.1) is 31.6 Å². The van der Waals surface area contributed by atoms with Gasteiger partial charge in [-0.2, -0.15) is 13.2 Å². The molecule has 0 aromatic heterocycles. The van der Waals surface area contributed by atoms with E-state index in [-0.39, 0.29) is 55.8 Å². The normalized spacial score (nSPS) is 19.3. The van der Waals surface area contributed by atoms with Crippen molar-refractivity contribution in [3.8, 4) is 0 Å². The third-order valence-corrected chi connectivity index (χ3v) is 5.24. The fourth-order valence-electron chi connectivity index (χ4n) is 3.36. The van der Waals surface area contributed by atoms with Crippen LogP contribution in [0.3, 0.4) is 0 Å². The molecule has 0 aliphatic carbocycles. The number of cyclic esters (lactones) is 1. The Morgan fingerprint density at radius 2 is 1.97 bits per heavy atom. The summed E-state index contributed by atoms with van der Waals surface area (Å²) in [5, 5.41) is 2.93. The first-order valence-corrected chi connectivity index (χ1v) is 9.71. The van der Waals surface area contributed by atoms with Crippen LogP contribution in [0.1, 0.15) is 0 Å². The molecule has 1 N–H and O–H groups in total. The molecule has 1 aromatic carbocycles. The minimum atomic E-state index is -4.93. The first-order valence-electron chi connectivity index (χ1n) is 9.30. The van der Waals surface area contributed by atoms with E-state index in [1.807, 2.05) is 0 Å². The van der Waals surface area contributed by atoms with E-state index in [2.05, 4.69) is 5.32 Å².